The van der Waals surface area contributed by atoms with Crippen LogP contribution in [0.1, 0.15) is 5.82 Å². The summed E-state index contributed by atoms with van der Waals surface area (Å²) in [5.74, 6) is 0.881. The maximum absolute atomic E-state index is 4.16. The number of nitrogens with zero attached hydrogens (tertiary/aromatic N) is 2. The van der Waals surface area contributed by atoms with Gasteiger partial charge in [0.15, 0.2) is 5.65 Å². The molecule has 0 aromatic carbocycles. The zero-order valence-electron chi connectivity index (χ0n) is 6.00. The van der Waals surface area contributed by atoms with Gasteiger partial charge in [0, 0.05) is 11.1 Å². The van der Waals surface area contributed by atoms with Crippen molar-refractivity contribution in [2.45, 2.75) is 11.8 Å². The Kier molecular flexibility index (Phi) is 1.35. The lowest BCUT2D eigenvalue weighted by molar-refractivity contribution is 1.16. The van der Waals surface area contributed by atoms with Gasteiger partial charge in [0.05, 0.1) is 5.52 Å². The zero-order chi connectivity index (χ0) is 7.84. The second kappa shape index (κ2) is 2.23. The summed E-state index contributed by atoms with van der Waals surface area (Å²) < 4.78 is 0. The minimum atomic E-state index is 0.750. The molecule has 0 aliphatic carbocycles. The van der Waals surface area contributed by atoms with Crippen molar-refractivity contribution in [1.82, 2.24) is 15.0 Å². The van der Waals surface area contributed by atoms with Crippen molar-refractivity contribution >= 4 is 23.8 Å². The van der Waals surface area contributed by atoms with Crippen LogP contribution in [0.5, 0.6) is 0 Å². The third kappa shape index (κ3) is 1.09. The molecule has 4 heteroatoms. The normalized spacial score (nSPS) is 10.7. The lowest BCUT2D eigenvalue weighted by Crippen LogP contribution is -1.75. The number of aromatic amines is 1. The smallest absolute Gasteiger partial charge is 0.177 e. The van der Waals surface area contributed by atoms with E-state index in [-0.39, 0.29) is 0 Å². The number of imidazole rings is 1. The van der Waals surface area contributed by atoms with E-state index < -0.39 is 0 Å². The van der Waals surface area contributed by atoms with Crippen LogP contribution in [0.3, 0.4) is 0 Å². The van der Waals surface area contributed by atoms with Crippen LogP contribution in [0.4, 0.5) is 0 Å². The molecule has 2 heterocycles. The minimum absolute atomic E-state index is 0.750. The fourth-order valence-electron chi connectivity index (χ4n) is 1.01. The third-order valence-electron chi connectivity index (χ3n) is 1.44. The van der Waals surface area contributed by atoms with E-state index in [0.29, 0.717) is 0 Å². The molecule has 2 aromatic heterocycles. The molecule has 0 saturated carbocycles. The highest BCUT2D eigenvalue weighted by atomic mass is 32.1. The molecule has 0 amide bonds. The van der Waals surface area contributed by atoms with E-state index in [4.69, 9.17) is 0 Å². The molecule has 0 aliphatic rings. The van der Waals surface area contributed by atoms with Gasteiger partial charge in [0.2, 0.25) is 0 Å². The summed E-state index contributed by atoms with van der Waals surface area (Å²) in [7, 11) is 0. The SMILES string of the molecule is Cc1nc2ncc(S)cc2[nH]1. The van der Waals surface area contributed by atoms with Gasteiger partial charge in [-0.3, -0.25) is 0 Å². The maximum atomic E-state index is 4.16. The number of pyridine rings is 1. The molecule has 1 N–H and O–H groups in total. The Bertz CT molecular complexity index is 393. The van der Waals surface area contributed by atoms with E-state index in [9.17, 15) is 0 Å². The molecule has 0 spiro atoms. The standard InChI is InChI=1S/C7H7N3S/c1-4-9-6-2-5(11)3-8-7(6)10-4/h2-3,11H,1H3,(H,8,9,10). The molecule has 11 heavy (non-hydrogen) atoms. The Morgan fingerprint density at radius 3 is 3.18 bits per heavy atom. The van der Waals surface area contributed by atoms with Crippen LogP contribution < -0.4 is 0 Å². The molecular weight excluding hydrogens is 158 g/mol. The van der Waals surface area contributed by atoms with Gasteiger partial charge in [-0.15, -0.1) is 12.6 Å². The maximum Gasteiger partial charge on any atom is 0.177 e. The van der Waals surface area contributed by atoms with Crippen molar-refractivity contribution in [3.8, 4) is 0 Å². The summed E-state index contributed by atoms with van der Waals surface area (Å²) >= 11 is 4.16. The lowest BCUT2D eigenvalue weighted by Gasteiger charge is -1.87. The van der Waals surface area contributed by atoms with Gasteiger partial charge in [-0.2, -0.15) is 0 Å². The number of aryl methyl sites for hydroxylation is 1. The van der Waals surface area contributed by atoms with Gasteiger partial charge >= 0.3 is 0 Å². The topological polar surface area (TPSA) is 41.6 Å². The molecule has 3 nitrogen and oxygen atoms in total. The van der Waals surface area contributed by atoms with Gasteiger partial charge in [-0.05, 0) is 13.0 Å². The highest BCUT2D eigenvalue weighted by molar-refractivity contribution is 7.80. The minimum Gasteiger partial charge on any atom is -0.341 e. The average molecular weight is 165 g/mol. The number of nitrogens with one attached hydrogen (secondary N) is 1. The quantitative estimate of drug-likeness (QED) is 0.581. The van der Waals surface area contributed by atoms with Crippen molar-refractivity contribution in [1.29, 1.82) is 0 Å². The van der Waals surface area contributed by atoms with E-state index in [2.05, 4.69) is 27.6 Å². The van der Waals surface area contributed by atoms with Crippen LogP contribution in [0.2, 0.25) is 0 Å². The molecule has 0 bridgehead atoms. The highest BCUT2D eigenvalue weighted by Gasteiger charge is 1.98. The molecule has 0 radical (unpaired) electrons. The van der Waals surface area contributed by atoms with Crippen LogP contribution in [-0.4, -0.2) is 15.0 Å². The van der Waals surface area contributed by atoms with E-state index in [0.717, 1.165) is 21.9 Å². The number of H-pyrrole nitrogens is 1. The number of thiol groups is 1. The number of rotatable bonds is 0. The Balaban J connectivity index is 2.82. The van der Waals surface area contributed by atoms with Crippen molar-refractivity contribution in [3.05, 3.63) is 18.1 Å². The first kappa shape index (κ1) is 6.67. The first-order valence-electron chi connectivity index (χ1n) is 3.27. The summed E-state index contributed by atoms with van der Waals surface area (Å²) in [5.41, 5.74) is 1.69. The molecular formula is C7H7N3S. The number of hydrogen-bond acceptors (Lipinski definition) is 3. The molecule has 0 atom stereocenters. The molecule has 56 valence electrons. The molecule has 2 aromatic rings. The van der Waals surface area contributed by atoms with Crippen molar-refractivity contribution in [3.63, 3.8) is 0 Å². The van der Waals surface area contributed by atoms with Crippen molar-refractivity contribution in [2.75, 3.05) is 0 Å². The van der Waals surface area contributed by atoms with Gasteiger partial charge in [-0.1, -0.05) is 0 Å². The Morgan fingerprint density at radius 1 is 1.55 bits per heavy atom. The molecule has 2 rings (SSSR count). The summed E-state index contributed by atoms with van der Waals surface area (Å²) in [4.78, 5) is 12.2. The third-order valence-corrected chi connectivity index (χ3v) is 1.69. The van der Waals surface area contributed by atoms with E-state index in [1.54, 1.807) is 6.20 Å². The lowest BCUT2D eigenvalue weighted by atomic mass is 10.4. The summed E-state index contributed by atoms with van der Waals surface area (Å²) in [6.45, 7) is 1.90. The predicted molar refractivity (Wildman–Crippen MR) is 45.9 cm³/mol. The second-order valence-corrected chi connectivity index (χ2v) is 2.90. The Hall–Kier alpha value is -1.03. The van der Waals surface area contributed by atoms with E-state index >= 15 is 0 Å². The van der Waals surface area contributed by atoms with Crippen molar-refractivity contribution in [2.24, 2.45) is 0 Å². The van der Waals surface area contributed by atoms with Gasteiger partial charge < -0.3 is 4.98 Å². The fourth-order valence-corrected chi connectivity index (χ4v) is 1.20. The first-order valence-corrected chi connectivity index (χ1v) is 3.72. The predicted octanol–water partition coefficient (Wildman–Crippen LogP) is 1.56. The second-order valence-electron chi connectivity index (χ2n) is 2.39. The molecule has 0 unspecified atom stereocenters. The van der Waals surface area contributed by atoms with Gasteiger partial charge in [0.1, 0.15) is 5.82 Å². The Labute approximate surface area is 69.3 Å². The number of aromatic nitrogens is 3. The summed E-state index contributed by atoms with van der Waals surface area (Å²) in [5, 5.41) is 0. The number of hydrogen-bond donors (Lipinski definition) is 2. The van der Waals surface area contributed by atoms with Crippen LogP contribution in [0.25, 0.3) is 11.2 Å². The number of fused-ring (bicyclic) bond motifs is 1. The van der Waals surface area contributed by atoms with Gasteiger partial charge in [0.25, 0.3) is 0 Å². The van der Waals surface area contributed by atoms with Crippen LogP contribution in [0.15, 0.2) is 17.2 Å². The zero-order valence-corrected chi connectivity index (χ0v) is 6.89. The highest BCUT2D eigenvalue weighted by Crippen LogP contribution is 2.12. The Morgan fingerprint density at radius 2 is 2.36 bits per heavy atom. The van der Waals surface area contributed by atoms with Crippen molar-refractivity contribution < 1.29 is 0 Å². The van der Waals surface area contributed by atoms with Crippen LogP contribution >= 0.6 is 12.6 Å². The monoisotopic (exact) mass is 165 g/mol. The summed E-state index contributed by atoms with van der Waals surface area (Å²) in [6, 6.07) is 1.91. The average Bonchev–Trinajstić information content (AvgIpc) is 2.27. The van der Waals surface area contributed by atoms with E-state index in [1.807, 2.05) is 13.0 Å². The van der Waals surface area contributed by atoms with Crippen LogP contribution in [0, 0.1) is 6.92 Å². The molecule has 0 saturated heterocycles. The first-order chi connectivity index (χ1) is 5.25. The largest absolute Gasteiger partial charge is 0.341 e. The van der Waals surface area contributed by atoms with Gasteiger partial charge in [-0.25, -0.2) is 9.97 Å². The molecule has 0 aliphatic heterocycles. The molecule has 0 fully saturated rings. The summed E-state index contributed by atoms with van der Waals surface area (Å²) in [6.07, 6.45) is 1.69. The fraction of sp³-hybridized carbons (Fsp3) is 0.143. The van der Waals surface area contributed by atoms with Crippen LogP contribution in [-0.2, 0) is 0 Å². The van der Waals surface area contributed by atoms with E-state index in [1.165, 1.54) is 0 Å².